The second-order valence-corrected chi connectivity index (χ2v) is 7.95. The summed E-state index contributed by atoms with van der Waals surface area (Å²) in [5.74, 6) is 1.90. The van der Waals surface area contributed by atoms with Gasteiger partial charge in [-0.25, -0.2) is 4.68 Å². The number of methoxy groups -OCH3 is 1. The number of H-pyrrole nitrogens is 1. The highest BCUT2D eigenvalue weighted by Gasteiger charge is 2.15. The molecule has 0 aliphatic carbocycles. The Morgan fingerprint density at radius 2 is 2.03 bits per heavy atom. The molecule has 0 saturated carbocycles. The van der Waals surface area contributed by atoms with Crippen molar-refractivity contribution < 1.29 is 14.3 Å². The van der Waals surface area contributed by atoms with E-state index in [1.54, 1.807) is 30.1 Å². The first-order valence-corrected chi connectivity index (χ1v) is 10.6. The van der Waals surface area contributed by atoms with Crippen LogP contribution in [0.15, 0.2) is 36.5 Å². The number of fused-ring (bicyclic) bond motifs is 1. The molecule has 0 spiro atoms. The van der Waals surface area contributed by atoms with Crippen LogP contribution in [0.4, 0.5) is 11.6 Å². The van der Waals surface area contributed by atoms with Crippen molar-refractivity contribution in [1.29, 1.82) is 0 Å². The van der Waals surface area contributed by atoms with E-state index in [4.69, 9.17) is 9.47 Å². The van der Waals surface area contributed by atoms with Crippen molar-refractivity contribution >= 4 is 28.4 Å². The van der Waals surface area contributed by atoms with Gasteiger partial charge in [0.25, 0.3) is 5.91 Å². The maximum Gasteiger partial charge on any atom is 0.258 e. The highest BCUT2D eigenvalue weighted by Crippen LogP contribution is 2.32. The van der Waals surface area contributed by atoms with Crippen LogP contribution in [0.25, 0.3) is 22.3 Å². The maximum atomic E-state index is 11.9. The predicted octanol–water partition coefficient (Wildman–Crippen LogP) is 3.32. The first-order valence-electron chi connectivity index (χ1n) is 10.6. The smallest absolute Gasteiger partial charge is 0.258 e. The summed E-state index contributed by atoms with van der Waals surface area (Å²) in [6.07, 6.45) is 1.81. The third kappa shape index (κ3) is 4.74. The monoisotopic (exact) mass is 449 g/mol. The van der Waals surface area contributed by atoms with Crippen LogP contribution in [0.1, 0.15) is 19.4 Å². The maximum absolute atomic E-state index is 11.9. The number of ether oxygens (including phenoxy) is 2. The van der Waals surface area contributed by atoms with Gasteiger partial charge in [-0.1, -0.05) is 0 Å². The molecule has 0 aliphatic heterocycles. The minimum atomic E-state index is -0.192. The fraction of sp³-hybridized carbons (Fsp3) is 0.304. The van der Waals surface area contributed by atoms with E-state index < -0.39 is 0 Å². The summed E-state index contributed by atoms with van der Waals surface area (Å²) in [5.41, 5.74) is 3.73. The Morgan fingerprint density at radius 3 is 2.79 bits per heavy atom. The van der Waals surface area contributed by atoms with E-state index >= 15 is 0 Å². The van der Waals surface area contributed by atoms with Gasteiger partial charge < -0.3 is 20.1 Å². The Morgan fingerprint density at radius 1 is 1.21 bits per heavy atom. The number of rotatable bonds is 8. The number of nitrogens with zero attached hydrogens (tertiary/aromatic N) is 4. The molecule has 2 aromatic carbocycles. The van der Waals surface area contributed by atoms with Gasteiger partial charge in [0.15, 0.2) is 23.9 Å². The number of hydrogen-bond acceptors (Lipinski definition) is 7. The number of hydrogen-bond donors (Lipinski definition) is 3. The van der Waals surface area contributed by atoms with Gasteiger partial charge in [-0.05, 0) is 56.7 Å². The summed E-state index contributed by atoms with van der Waals surface area (Å²) in [6.45, 7) is 5.73. The molecular weight excluding hydrogens is 422 g/mol. The number of carbonyl (C=O) groups is 1. The molecule has 2 heterocycles. The molecule has 0 fully saturated rings. The summed E-state index contributed by atoms with van der Waals surface area (Å²) in [4.78, 5) is 16.5. The van der Waals surface area contributed by atoms with Gasteiger partial charge in [0.1, 0.15) is 0 Å². The minimum Gasteiger partial charge on any atom is -0.493 e. The Bertz CT molecular complexity index is 1290. The summed E-state index contributed by atoms with van der Waals surface area (Å²) in [6, 6.07) is 9.37. The Hall–Kier alpha value is -4.08. The normalized spacial score (nSPS) is 11.1. The van der Waals surface area contributed by atoms with Crippen LogP contribution < -0.4 is 20.1 Å². The number of amides is 1. The quantitative estimate of drug-likeness (QED) is 0.377. The molecule has 0 unspecified atom stereocenters. The van der Waals surface area contributed by atoms with Gasteiger partial charge in [-0.2, -0.15) is 10.1 Å². The summed E-state index contributed by atoms with van der Waals surface area (Å²) in [7, 11) is 3.38. The SMILES string of the molecule is COc1cc(-c2nc(Nc3ccc4[nH]ncc4c3C)n(C)n2)ccc1OCC(=O)NC(C)C. The topological polar surface area (TPSA) is 119 Å². The van der Waals surface area contributed by atoms with Crippen LogP contribution in [0.5, 0.6) is 11.5 Å². The van der Waals surface area contributed by atoms with Crippen LogP contribution in [-0.2, 0) is 11.8 Å². The number of benzene rings is 2. The lowest BCUT2D eigenvalue weighted by atomic mass is 10.1. The zero-order valence-electron chi connectivity index (χ0n) is 19.3. The molecule has 172 valence electrons. The number of anilines is 2. The fourth-order valence-electron chi connectivity index (χ4n) is 3.46. The summed E-state index contributed by atoms with van der Waals surface area (Å²) in [5, 5.41) is 18.8. The largest absolute Gasteiger partial charge is 0.493 e. The first-order chi connectivity index (χ1) is 15.9. The van der Waals surface area contributed by atoms with Crippen molar-refractivity contribution in [2.75, 3.05) is 19.0 Å². The van der Waals surface area contributed by atoms with Crippen LogP contribution in [0.2, 0.25) is 0 Å². The van der Waals surface area contributed by atoms with Crippen LogP contribution in [-0.4, -0.2) is 50.6 Å². The molecule has 4 aromatic rings. The van der Waals surface area contributed by atoms with E-state index in [1.807, 2.05) is 46.0 Å². The molecule has 0 bridgehead atoms. The number of aromatic amines is 1. The molecule has 2 aromatic heterocycles. The zero-order chi connectivity index (χ0) is 23.5. The van der Waals surface area contributed by atoms with Gasteiger partial charge in [-0.3, -0.25) is 9.89 Å². The van der Waals surface area contributed by atoms with Crippen molar-refractivity contribution in [3.63, 3.8) is 0 Å². The molecular formula is C23H27N7O3. The fourth-order valence-corrected chi connectivity index (χ4v) is 3.46. The third-order valence-corrected chi connectivity index (χ3v) is 5.13. The molecule has 10 heteroatoms. The van der Waals surface area contributed by atoms with Crippen molar-refractivity contribution in [1.82, 2.24) is 30.3 Å². The molecule has 4 rings (SSSR count). The average Bonchev–Trinajstić information content (AvgIpc) is 3.41. The minimum absolute atomic E-state index is 0.0498. The predicted molar refractivity (Wildman–Crippen MR) is 126 cm³/mol. The molecule has 0 atom stereocenters. The molecule has 0 saturated heterocycles. The first kappa shape index (κ1) is 22.1. The summed E-state index contributed by atoms with van der Waals surface area (Å²) >= 11 is 0. The summed E-state index contributed by atoms with van der Waals surface area (Å²) < 4.78 is 12.8. The van der Waals surface area contributed by atoms with Gasteiger partial charge >= 0.3 is 0 Å². The van der Waals surface area contributed by atoms with E-state index in [0.717, 1.165) is 27.7 Å². The molecule has 33 heavy (non-hydrogen) atoms. The molecule has 0 radical (unpaired) electrons. The van der Waals surface area contributed by atoms with E-state index in [0.29, 0.717) is 23.3 Å². The standard InChI is InChI=1S/C23H27N7O3/c1-13(2)25-21(31)12-33-19-9-6-15(10-20(19)32-5)22-27-23(30(4)29-22)26-17-7-8-18-16(14(17)3)11-24-28-18/h6-11,13H,12H2,1-5H3,(H,24,28)(H,25,31)(H,26,27,29). The number of aromatic nitrogens is 5. The second kappa shape index (κ2) is 9.19. The highest BCUT2D eigenvalue weighted by atomic mass is 16.5. The lowest BCUT2D eigenvalue weighted by Gasteiger charge is -2.12. The Labute approximate surface area is 191 Å². The zero-order valence-corrected chi connectivity index (χ0v) is 19.3. The van der Waals surface area contributed by atoms with E-state index in [9.17, 15) is 4.79 Å². The molecule has 0 aliphatic rings. The van der Waals surface area contributed by atoms with Crippen LogP contribution in [0, 0.1) is 6.92 Å². The van der Waals surface area contributed by atoms with E-state index in [1.165, 1.54) is 0 Å². The molecule has 1 amide bonds. The average molecular weight is 450 g/mol. The Balaban J connectivity index is 1.54. The highest BCUT2D eigenvalue weighted by molar-refractivity contribution is 5.87. The second-order valence-electron chi connectivity index (χ2n) is 7.95. The number of nitrogens with one attached hydrogen (secondary N) is 3. The third-order valence-electron chi connectivity index (χ3n) is 5.13. The van der Waals surface area contributed by atoms with Gasteiger partial charge in [-0.15, -0.1) is 5.10 Å². The number of carbonyl (C=O) groups excluding carboxylic acids is 1. The van der Waals surface area contributed by atoms with Crippen LogP contribution >= 0.6 is 0 Å². The van der Waals surface area contributed by atoms with Crippen LogP contribution in [0.3, 0.4) is 0 Å². The lowest BCUT2D eigenvalue weighted by molar-refractivity contribution is -0.123. The van der Waals surface area contributed by atoms with E-state index in [2.05, 4.69) is 30.9 Å². The van der Waals surface area contributed by atoms with Gasteiger partial charge in [0, 0.05) is 29.7 Å². The Kier molecular flexibility index (Phi) is 6.16. The van der Waals surface area contributed by atoms with Gasteiger partial charge in [0.2, 0.25) is 5.95 Å². The van der Waals surface area contributed by atoms with Crippen molar-refractivity contribution in [3.05, 3.63) is 42.1 Å². The molecule has 10 nitrogen and oxygen atoms in total. The van der Waals surface area contributed by atoms with Crippen molar-refractivity contribution in [3.8, 4) is 22.9 Å². The van der Waals surface area contributed by atoms with E-state index in [-0.39, 0.29) is 18.6 Å². The molecule has 3 N–H and O–H groups in total. The van der Waals surface area contributed by atoms with Crippen molar-refractivity contribution in [2.45, 2.75) is 26.8 Å². The van der Waals surface area contributed by atoms with Gasteiger partial charge in [0.05, 0.1) is 18.8 Å². The lowest BCUT2D eigenvalue weighted by Crippen LogP contribution is -2.34. The van der Waals surface area contributed by atoms with Crippen molar-refractivity contribution in [2.24, 2.45) is 7.05 Å². The number of aryl methyl sites for hydroxylation is 2.